The molecule has 2 aliphatic rings. The molecule has 0 N–H and O–H groups in total. The second-order valence-corrected chi connectivity index (χ2v) is 4.57. The molecule has 60 valence electrons. The van der Waals surface area contributed by atoms with E-state index in [0.29, 0.717) is 5.92 Å². The van der Waals surface area contributed by atoms with Crippen LogP contribution in [-0.2, 0) is 4.79 Å². The smallest absolute Gasteiger partial charge is 0.158 e. The Hall–Kier alpha value is -0.300. The molecular weight excluding hydrogens is 160 g/mol. The summed E-state index contributed by atoms with van der Waals surface area (Å²) >= 11 is 6.03. The maximum Gasteiger partial charge on any atom is 0.158 e. The summed E-state index contributed by atoms with van der Waals surface area (Å²) in [6.07, 6.45) is 3.09. The summed E-state index contributed by atoms with van der Waals surface area (Å²) < 4.78 is 0. The van der Waals surface area contributed by atoms with Gasteiger partial charge in [0.15, 0.2) is 5.78 Å². The Labute approximate surface area is 71.4 Å². The van der Waals surface area contributed by atoms with E-state index in [1.54, 1.807) is 0 Å². The van der Waals surface area contributed by atoms with Crippen molar-refractivity contribution < 1.29 is 4.79 Å². The number of rotatable bonds is 0. The summed E-state index contributed by atoms with van der Waals surface area (Å²) in [6, 6.07) is 0. The van der Waals surface area contributed by atoms with Crippen molar-refractivity contribution >= 4 is 17.4 Å². The Bertz CT molecular complexity index is 252. The lowest BCUT2D eigenvalue weighted by Crippen LogP contribution is -2.55. The van der Waals surface area contributed by atoms with Crippen LogP contribution in [0.25, 0.3) is 0 Å². The number of carbonyl (C=O) groups excluding carboxylic acids is 1. The molecule has 1 saturated carbocycles. The molecule has 0 aliphatic heterocycles. The quantitative estimate of drug-likeness (QED) is 0.402. The van der Waals surface area contributed by atoms with Gasteiger partial charge in [-0.05, 0) is 20.3 Å². The van der Waals surface area contributed by atoms with E-state index >= 15 is 0 Å². The molecule has 0 spiro atoms. The number of alkyl halides is 1. The van der Waals surface area contributed by atoms with E-state index in [1.165, 1.54) is 5.57 Å². The molecule has 0 heterocycles. The molecule has 0 aromatic heterocycles. The summed E-state index contributed by atoms with van der Waals surface area (Å²) in [4.78, 5) is 10.8. The van der Waals surface area contributed by atoms with Crippen molar-refractivity contribution in [2.75, 3.05) is 0 Å². The van der Waals surface area contributed by atoms with Crippen LogP contribution in [0.15, 0.2) is 11.6 Å². The highest BCUT2D eigenvalue weighted by molar-refractivity contribution is 6.38. The van der Waals surface area contributed by atoms with Gasteiger partial charge in [0.2, 0.25) is 0 Å². The molecule has 1 fully saturated rings. The molecule has 2 aliphatic carbocycles. The van der Waals surface area contributed by atoms with E-state index < -0.39 is 4.87 Å². The van der Waals surface area contributed by atoms with Gasteiger partial charge in [-0.25, -0.2) is 0 Å². The lowest BCUT2D eigenvalue weighted by molar-refractivity contribution is -0.135. The minimum atomic E-state index is -0.581. The fourth-order valence-corrected chi connectivity index (χ4v) is 2.54. The molecule has 3 atom stereocenters. The summed E-state index contributed by atoms with van der Waals surface area (Å²) in [5.74, 6) is 0.770. The SMILES string of the molecule is CC1=C[C@@H]2[C@H](C1)C(=O)[C@@]2(C)Cl. The average molecular weight is 171 g/mol. The van der Waals surface area contributed by atoms with Gasteiger partial charge in [0.25, 0.3) is 0 Å². The molecule has 0 saturated heterocycles. The van der Waals surface area contributed by atoms with Crippen molar-refractivity contribution in [2.24, 2.45) is 11.8 Å². The van der Waals surface area contributed by atoms with Crippen molar-refractivity contribution in [3.8, 4) is 0 Å². The number of ketones is 1. The van der Waals surface area contributed by atoms with Crippen LogP contribution in [0.1, 0.15) is 20.3 Å². The molecule has 0 aromatic carbocycles. The first kappa shape index (κ1) is 7.35. The highest BCUT2D eigenvalue weighted by Crippen LogP contribution is 2.52. The van der Waals surface area contributed by atoms with Crippen LogP contribution in [0, 0.1) is 11.8 Å². The predicted octanol–water partition coefficient (Wildman–Crippen LogP) is 2.15. The lowest BCUT2D eigenvalue weighted by atomic mass is 9.65. The highest BCUT2D eigenvalue weighted by atomic mass is 35.5. The third-order valence-electron chi connectivity index (χ3n) is 2.88. The van der Waals surface area contributed by atoms with Gasteiger partial charge in [-0.3, -0.25) is 4.79 Å². The van der Waals surface area contributed by atoms with E-state index in [0.717, 1.165) is 6.42 Å². The second-order valence-electron chi connectivity index (χ2n) is 3.79. The van der Waals surface area contributed by atoms with Crippen LogP contribution in [0.3, 0.4) is 0 Å². The number of Topliss-reactive ketones (excluding diaryl/α,β-unsaturated/α-hetero) is 1. The Morgan fingerprint density at radius 3 is 2.91 bits per heavy atom. The Kier molecular flexibility index (Phi) is 1.26. The Balaban J connectivity index is 2.29. The van der Waals surface area contributed by atoms with Crippen LogP contribution in [0.2, 0.25) is 0 Å². The third kappa shape index (κ3) is 0.750. The zero-order valence-electron chi connectivity index (χ0n) is 6.73. The summed E-state index contributed by atoms with van der Waals surface area (Å²) in [6.45, 7) is 3.89. The van der Waals surface area contributed by atoms with E-state index in [-0.39, 0.29) is 11.7 Å². The molecule has 0 unspecified atom stereocenters. The van der Waals surface area contributed by atoms with Gasteiger partial charge in [-0.2, -0.15) is 0 Å². The minimum Gasteiger partial charge on any atom is -0.297 e. The van der Waals surface area contributed by atoms with Gasteiger partial charge in [0, 0.05) is 11.8 Å². The molecule has 0 bridgehead atoms. The zero-order valence-corrected chi connectivity index (χ0v) is 7.48. The van der Waals surface area contributed by atoms with Crippen LogP contribution >= 0.6 is 11.6 Å². The van der Waals surface area contributed by atoms with Crippen molar-refractivity contribution in [2.45, 2.75) is 25.1 Å². The first-order valence-corrected chi connectivity index (χ1v) is 4.32. The van der Waals surface area contributed by atoms with Gasteiger partial charge in [0.1, 0.15) is 4.87 Å². The van der Waals surface area contributed by atoms with Crippen molar-refractivity contribution in [3.05, 3.63) is 11.6 Å². The molecule has 2 rings (SSSR count). The van der Waals surface area contributed by atoms with Gasteiger partial charge in [-0.15, -0.1) is 11.6 Å². The lowest BCUT2D eigenvalue weighted by Gasteiger charge is -2.43. The molecule has 11 heavy (non-hydrogen) atoms. The number of hydrogen-bond donors (Lipinski definition) is 0. The molecule has 0 amide bonds. The predicted molar refractivity (Wildman–Crippen MR) is 44.6 cm³/mol. The average Bonchev–Trinajstić information content (AvgIpc) is 2.29. The standard InChI is InChI=1S/C9H11ClO/c1-5-3-6-7(4-5)9(2,10)8(6)11/h4,6-7H,3H2,1-2H3/t6-,7+,9-/m0/s1. The van der Waals surface area contributed by atoms with Crippen LogP contribution in [-0.4, -0.2) is 10.7 Å². The minimum absolute atomic E-state index is 0.220. The van der Waals surface area contributed by atoms with E-state index in [4.69, 9.17) is 11.6 Å². The monoisotopic (exact) mass is 170 g/mol. The highest BCUT2D eigenvalue weighted by Gasteiger charge is 2.58. The number of halogens is 1. The van der Waals surface area contributed by atoms with Crippen LogP contribution < -0.4 is 0 Å². The second kappa shape index (κ2) is 1.89. The Morgan fingerprint density at radius 1 is 1.73 bits per heavy atom. The first-order chi connectivity index (χ1) is 5.03. The molecule has 2 heteroatoms. The normalized spacial score (nSPS) is 48.3. The first-order valence-electron chi connectivity index (χ1n) is 3.94. The van der Waals surface area contributed by atoms with Crippen molar-refractivity contribution in [1.29, 1.82) is 0 Å². The maximum absolute atomic E-state index is 11.3. The van der Waals surface area contributed by atoms with Gasteiger partial charge in [0.05, 0.1) is 0 Å². The number of carbonyl (C=O) groups is 1. The largest absolute Gasteiger partial charge is 0.297 e. The molecule has 0 aromatic rings. The maximum atomic E-state index is 11.3. The van der Waals surface area contributed by atoms with Gasteiger partial charge < -0.3 is 0 Å². The molecular formula is C9H11ClO. The molecule has 1 nitrogen and oxygen atoms in total. The van der Waals surface area contributed by atoms with Crippen LogP contribution in [0.5, 0.6) is 0 Å². The van der Waals surface area contributed by atoms with E-state index in [2.05, 4.69) is 13.0 Å². The summed E-state index contributed by atoms with van der Waals surface area (Å²) in [7, 11) is 0. The van der Waals surface area contributed by atoms with Gasteiger partial charge in [-0.1, -0.05) is 11.6 Å². The van der Waals surface area contributed by atoms with E-state index in [9.17, 15) is 4.79 Å². The fraction of sp³-hybridized carbons (Fsp3) is 0.667. The number of fused-ring (bicyclic) bond motifs is 1. The zero-order chi connectivity index (χ0) is 8.22. The summed E-state index contributed by atoms with van der Waals surface area (Å²) in [5.41, 5.74) is 1.32. The molecule has 0 radical (unpaired) electrons. The van der Waals surface area contributed by atoms with Crippen molar-refractivity contribution in [3.63, 3.8) is 0 Å². The summed E-state index contributed by atoms with van der Waals surface area (Å²) in [5, 5.41) is 0. The fourth-order valence-electron chi connectivity index (χ4n) is 2.19. The number of allylic oxidation sites excluding steroid dienone is 2. The van der Waals surface area contributed by atoms with Gasteiger partial charge >= 0.3 is 0 Å². The van der Waals surface area contributed by atoms with Crippen LogP contribution in [0.4, 0.5) is 0 Å². The number of hydrogen-bond acceptors (Lipinski definition) is 1. The Morgan fingerprint density at radius 2 is 2.36 bits per heavy atom. The topological polar surface area (TPSA) is 17.1 Å². The third-order valence-corrected chi connectivity index (χ3v) is 3.32. The van der Waals surface area contributed by atoms with Crippen molar-refractivity contribution in [1.82, 2.24) is 0 Å². The van der Waals surface area contributed by atoms with E-state index in [1.807, 2.05) is 6.92 Å².